The third kappa shape index (κ3) is 13.2. The van der Waals surface area contributed by atoms with Gasteiger partial charge in [0.2, 0.25) is 18.2 Å². The lowest BCUT2D eigenvalue weighted by Crippen LogP contribution is -2.70. The Hall–Kier alpha value is -2.59. The molecule has 69 heavy (non-hydrogen) atoms. The number of amides is 3. The van der Waals surface area contributed by atoms with Crippen LogP contribution in [-0.4, -0.2) is 301 Å². The molecule has 0 spiro atoms. The molecule has 5 fully saturated rings. The topological polar surface area (TPSA) is 483 Å². The molecule has 0 bridgehead atoms. The van der Waals surface area contributed by atoms with Crippen LogP contribution >= 0.6 is 0 Å². The first-order chi connectivity index (χ1) is 32.8. The molecule has 5 aliphatic rings. The van der Waals surface area contributed by atoms with Gasteiger partial charge in [0.15, 0.2) is 31.5 Å². The lowest BCUT2D eigenvalue weighted by Gasteiger charge is -2.50. The fourth-order valence-corrected chi connectivity index (χ4v) is 8.42. The molecule has 400 valence electrons. The maximum absolute atomic E-state index is 12.7. The summed E-state index contributed by atoms with van der Waals surface area (Å²) in [6.45, 7) is -3.64. The van der Waals surface area contributed by atoms with E-state index in [1.807, 2.05) is 0 Å². The lowest BCUT2D eigenvalue weighted by atomic mass is 9.94. The standard InChI is InChI=1S/C38H65N3O28/c1-11(49)40-19-24(54)21(51)14(4-43)61-34(19)69-33-23(53)16(6-45)63-38(29(33)59)68-32-20(41-12(2)50)35(62-15(5-44)22(32)52)66-30-18(8-47)65-37(28(58)26(30)56)67-31-17(7-46)64-36(27(57)25(31)55)60-9-13(3-42)39-10-48/h10,13-38,42-47,51-59H,3-9H2,1-2H3,(H,39,48)(H,40,49)(H,41,50)/t13-,14-,15-,16-,17-,18-,19-,20-,21-,22+,23+,24-,25-,26-,27-,28-,29-,30+,31-,32-,33+,34+,35+,36-,37+,38+/m1/s1. The maximum atomic E-state index is 12.7. The van der Waals surface area contributed by atoms with E-state index >= 15 is 0 Å². The molecule has 5 saturated heterocycles. The Kier molecular flexibility index (Phi) is 21.5. The molecular weight excluding hydrogens is 946 g/mol. The Bertz CT molecular complexity index is 1610. The van der Waals surface area contributed by atoms with E-state index in [1.165, 1.54) is 0 Å². The summed E-state index contributed by atoms with van der Waals surface area (Å²) >= 11 is 0. The van der Waals surface area contributed by atoms with Crippen molar-refractivity contribution in [2.24, 2.45) is 0 Å². The van der Waals surface area contributed by atoms with Crippen molar-refractivity contribution >= 4 is 18.2 Å². The summed E-state index contributed by atoms with van der Waals surface area (Å²) in [6.07, 6.45) is -42.2. The molecule has 3 amide bonds. The molecule has 0 saturated carbocycles. The zero-order valence-corrected chi connectivity index (χ0v) is 37.1. The first-order valence-corrected chi connectivity index (χ1v) is 21.8. The van der Waals surface area contributed by atoms with Crippen molar-refractivity contribution in [3.8, 4) is 0 Å². The fraction of sp³-hybridized carbons (Fsp3) is 0.921. The lowest BCUT2D eigenvalue weighted by molar-refractivity contribution is -0.383. The number of hydrogen-bond donors (Lipinski definition) is 18. The van der Waals surface area contributed by atoms with Gasteiger partial charge in [-0.05, 0) is 0 Å². The van der Waals surface area contributed by atoms with Crippen LogP contribution in [0.25, 0.3) is 0 Å². The number of nitrogens with one attached hydrogen (secondary N) is 3. The second kappa shape index (κ2) is 25.9. The minimum Gasteiger partial charge on any atom is -0.394 e. The predicted molar refractivity (Wildman–Crippen MR) is 214 cm³/mol. The van der Waals surface area contributed by atoms with Gasteiger partial charge < -0.3 is 140 Å². The van der Waals surface area contributed by atoms with Gasteiger partial charge in [-0.15, -0.1) is 0 Å². The van der Waals surface area contributed by atoms with Crippen molar-refractivity contribution in [1.29, 1.82) is 0 Å². The highest BCUT2D eigenvalue weighted by Gasteiger charge is 2.57. The van der Waals surface area contributed by atoms with Crippen LogP contribution in [0.15, 0.2) is 0 Å². The van der Waals surface area contributed by atoms with Crippen LogP contribution in [0.4, 0.5) is 0 Å². The van der Waals surface area contributed by atoms with Crippen LogP contribution in [-0.2, 0) is 61.8 Å². The molecule has 18 N–H and O–H groups in total. The first kappa shape index (κ1) is 57.3. The number of carbonyl (C=O) groups excluding carboxylic acids is 3. The smallest absolute Gasteiger partial charge is 0.217 e. The van der Waals surface area contributed by atoms with Gasteiger partial charge in [0.05, 0.1) is 52.3 Å². The number of hydrogen-bond acceptors (Lipinski definition) is 28. The van der Waals surface area contributed by atoms with E-state index in [2.05, 4.69) is 16.0 Å². The molecule has 0 aliphatic carbocycles. The number of carbonyl (C=O) groups is 3. The number of aliphatic hydroxyl groups is 15. The van der Waals surface area contributed by atoms with Gasteiger partial charge in [0.25, 0.3) is 0 Å². The molecule has 0 unspecified atom stereocenters. The monoisotopic (exact) mass is 1010 g/mol. The van der Waals surface area contributed by atoms with Gasteiger partial charge in [-0.3, -0.25) is 14.4 Å². The summed E-state index contributed by atoms with van der Waals surface area (Å²) in [6, 6.07) is -4.24. The van der Waals surface area contributed by atoms with Crippen LogP contribution in [0, 0.1) is 0 Å². The van der Waals surface area contributed by atoms with Gasteiger partial charge in [0.1, 0.15) is 122 Å². The average Bonchev–Trinajstić information content (AvgIpc) is 3.32. The SMILES string of the molecule is CC(=O)N[C@H]1[C@H](O[C@H]2[C@@H](O)[C@@H](CO)O[C@@H](O[C@H]3[C@@H](O)[C@@H](CO)O[C@@H](O[C@@H]4[C@H](O)[C@@H](O)[C@H](O[C@H]5[C@H](O)[C@@H](O)[C@H](OC[C@@H](CO)NC=O)O[C@@H]5CO)O[C@@H]4CO)[C@@H]3NC(C)=O)[C@@H]2O)O[C@H](CO)[C@@H](O)[C@@H]1O. The average molecular weight is 1010 g/mol. The largest absolute Gasteiger partial charge is 0.394 e. The molecule has 0 aromatic carbocycles. The van der Waals surface area contributed by atoms with Crippen molar-refractivity contribution in [2.45, 2.75) is 173 Å². The maximum Gasteiger partial charge on any atom is 0.217 e. The van der Waals surface area contributed by atoms with Gasteiger partial charge >= 0.3 is 0 Å². The van der Waals surface area contributed by atoms with E-state index in [-0.39, 0.29) is 6.41 Å². The zero-order chi connectivity index (χ0) is 51.0. The number of rotatable bonds is 21. The van der Waals surface area contributed by atoms with Crippen LogP contribution in [0.2, 0.25) is 0 Å². The quantitative estimate of drug-likeness (QED) is 0.0475. The molecule has 31 nitrogen and oxygen atoms in total. The Labute approximate surface area is 391 Å². The molecular formula is C38H65N3O28. The van der Waals surface area contributed by atoms with Gasteiger partial charge in [-0.2, -0.15) is 0 Å². The second-order valence-electron chi connectivity index (χ2n) is 16.9. The molecule has 5 rings (SSSR count). The van der Waals surface area contributed by atoms with E-state index in [0.717, 1.165) is 13.8 Å². The summed E-state index contributed by atoms with van der Waals surface area (Å²) in [5, 5.41) is 167. The molecule has 5 heterocycles. The van der Waals surface area contributed by atoms with E-state index in [0.29, 0.717) is 0 Å². The normalized spacial score (nSPS) is 45.6. The molecule has 5 aliphatic heterocycles. The zero-order valence-electron chi connectivity index (χ0n) is 37.1. The highest BCUT2D eigenvalue weighted by Crippen LogP contribution is 2.36. The van der Waals surface area contributed by atoms with Crippen LogP contribution < -0.4 is 16.0 Å². The molecule has 0 aromatic heterocycles. The van der Waals surface area contributed by atoms with Gasteiger partial charge in [-0.25, -0.2) is 0 Å². The van der Waals surface area contributed by atoms with Crippen LogP contribution in [0.5, 0.6) is 0 Å². The first-order valence-electron chi connectivity index (χ1n) is 21.8. The fourth-order valence-electron chi connectivity index (χ4n) is 8.42. The van der Waals surface area contributed by atoms with Gasteiger partial charge in [-0.1, -0.05) is 0 Å². The summed E-state index contributed by atoms with van der Waals surface area (Å²) in [7, 11) is 0. The Balaban J connectivity index is 1.35. The molecule has 31 heteroatoms. The Morgan fingerprint density at radius 2 is 0.855 bits per heavy atom. The van der Waals surface area contributed by atoms with Crippen molar-refractivity contribution in [3.63, 3.8) is 0 Å². The van der Waals surface area contributed by atoms with Crippen molar-refractivity contribution in [1.82, 2.24) is 16.0 Å². The third-order valence-electron chi connectivity index (χ3n) is 12.1. The van der Waals surface area contributed by atoms with Crippen molar-refractivity contribution in [3.05, 3.63) is 0 Å². The van der Waals surface area contributed by atoms with Crippen LogP contribution in [0.3, 0.4) is 0 Å². The van der Waals surface area contributed by atoms with Gasteiger partial charge in [0, 0.05) is 13.8 Å². The number of aliphatic hydroxyl groups excluding tert-OH is 15. The third-order valence-corrected chi connectivity index (χ3v) is 12.1. The predicted octanol–water partition coefficient (Wildman–Crippen LogP) is -12.5. The minimum absolute atomic E-state index is 0.287. The highest BCUT2D eigenvalue weighted by atomic mass is 16.8. The molecule has 0 radical (unpaired) electrons. The van der Waals surface area contributed by atoms with E-state index in [4.69, 9.17) is 47.4 Å². The van der Waals surface area contributed by atoms with Crippen LogP contribution in [0.1, 0.15) is 13.8 Å². The highest BCUT2D eigenvalue weighted by molar-refractivity contribution is 5.73. The molecule has 26 atom stereocenters. The Morgan fingerprint density at radius 1 is 0.464 bits per heavy atom. The Morgan fingerprint density at radius 3 is 1.36 bits per heavy atom. The summed E-state index contributed by atoms with van der Waals surface area (Å²) in [4.78, 5) is 35.5. The van der Waals surface area contributed by atoms with E-state index in [1.54, 1.807) is 0 Å². The van der Waals surface area contributed by atoms with Crippen molar-refractivity contribution < 1.29 is 138 Å². The van der Waals surface area contributed by atoms with E-state index < -0.39 is 218 Å². The van der Waals surface area contributed by atoms with Crippen molar-refractivity contribution in [2.75, 3.05) is 46.2 Å². The number of ether oxygens (including phenoxy) is 10. The van der Waals surface area contributed by atoms with E-state index in [9.17, 15) is 91.0 Å². The second-order valence-corrected chi connectivity index (χ2v) is 16.9. The minimum atomic E-state index is -2.15. The summed E-state index contributed by atoms with van der Waals surface area (Å²) in [5.74, 6) is -1.58. The molecule has 0 aromatic rings. The summed E-state index contributed by atoms with van der Waals surface area (Å²) < 4.78 is 57.1. The summed E-state index contributed by atoms with van der Waals surface area (Å²) in [5.41, 5.74) is 0.